The van der Waals surface area contributed by atoms with Crippen LogP contribution in [0.15, 0.2) is 24.3 Å². The van der Waals surface area contributed by atoms with Gasteiger partial charge in [-0.05, 0) is 17.9 Å². The lowest BCUT2D eigenvalue weighted by Crippen LogP contribution is -2.40. The number of aryl methyl sites for hydroxylation is 1. The van der Waals surface area contributed by atoms with Crippen molar-refractivity contribution in [2.24, 2.45) is 17.3 Å². The van der Waals surface area contributed by atoms with E-state index in [0.717, 1.165) is 10.5 Å². The fourth-order valence-electron chi connectivity index (χ4n) is 3.27. The third-order valence-corrected chi connectivity index (χ3v) is 4.64. The molecule has 0 spiro atoms. The minimum absolute atomic E-state index is 0.133. The summed E-state index contributed by atoms with van der Waals surface area (Å²) >= 11 is 0. The summed E-state index contributed by atoms with van der Waals surface area (Å²) in [7, 11) is 0. The van der Waals surface area contributed by atoms with Crippen LogP contribution in [0.2, 0.25) is 0 Å². The van der Waals surface area contributed by atoms with Crippen LogP contribution in [0.25, 0.3) is 0 Å². The molecule has 2 unspecified atom stereocenters. The monoisotopic (exact) mass is 271 g/mol. The number of likely N-dealkylation sites (tertiary alicyclic amines) is 1. The van der Waals surface area contributed by atoms with Crippen LogP contribution < -0.4 is 0 Å². The number of imide groups is 1. The van der Waals surface area contributed by atoms with Gasteiger partial charge in [-0.3, -0.25) is 19.3 Å². The minimum atomic E-state index is -0.226. The van der Waals surface area contributed by atoms with Gasteiger partial charge in [0.2, 0.25) is 11.8 Å². The van der Waals surface area contributed by atoms with E-state index in [-0.39, 0.29) is 41.4 Å². The van der Waals surface area contributed by atoms with E-state index >= 15 is 0 Å². The van der Waals surface area contributed by atoms with E-state index in [4.69, 9.17) is 0 Å². The highest BCUT2D eigenvalue weighted by Gasteiger charge is 2.72. The normalized spacial score (nSPS) is 26.6. The second-order valence-electron chi connectivity index (χ2n) is 6.28. The highest BCUT2D eigenvalue weighted by molar-refractivity contribution is 6.13. The second kappa shape index (κ2) is 4.01. The number of nitrogens with zero attached hydrogens (tertiary/aromatic N) is 1. The molecule has 0 bridgehead atoms. The second-order valence-corrected chi connectivity index (χ2v) is 6.28. The maximum Gasteiger partial charge on any atom is 0.234 e. The third kappa shape index (κ3) is 1.64. The lowest BCUT2D eigenvalue weighted by Gasteiger charge is -2.20. The Bertz CT molecular complexity index is 608. The van der Waals surface area contributed by atoms with Gasteiger partial charge in [-0.25, -0.2) is 0 Å². The van der Waals surface area contributed by atoms with E-state index in [0.29, 0.717) is 5.56 Å². The molecule has 2 amide bonds. The fraction of sp³-hybridized carbons (Fsp3) is 0.438. The molecule has 0 radical (unpaired) electrons. The molecule has 2 aliphatic rings. The Morgan fingerprint density at radius 3 is 2.25 bits per heavy atom. The summed E-state index contributed by atoms with van der Waals surface area (Å²) in [5.74, 6) is -0.998. The molecular formula is C16H17NO3. The Balaban J connectivity index is 1.78. The standard InChI is InChI=1S/C16H17NO3/c1-9-6-4-5-7-10(9)11(18)8-17-14(19)12-13(15(17)20)16(12,2)3/h4-7,12-13H,8H2,1-3H3. The van der Waals surface area contributed by atoms with Crippen molar-refractivity contribution in [2.75, 3.05) is 6.54 Å². The van der Waals surface area contributed by atoms with Crippen LogP contribution in [0.3, 0.4) is 0 Å². The third-order valence-electron chi connectivity index (χ3n) is 4.64. The highest BCUT2D eigenvalue weighted by Crippen LogP contribution is 2.63. The zero-order valence-electron chi connectivity index (χ0n) is 11.8. The molecule has 104 valence electrons. The maximum atomic E-state index is 12.2. The molecule has 4 heteroatoms. The first-order valence-corrected chi connectivity index (χ1v) is 6.79. The van der Waals surface area contributed by atoms with Crippen molar-refractivity contribution in [3.05, 3.63) is 35.4 Å². The van der Waals surface area contributed by atoms with E-state index in [1.54, 1.807) is 12.1 Å². The number of piperidine rings is 1. The summed E-state index contributed by atoms with van der Waals surface area (Å²) in [6.45, 7) is 5.57. The Labute approximate surface area is 117 Å². The SMILES string of the molecule is Cc1ccccc1C(=O)CN1C(=O)C2C(C1=O)C2(C)C. The van der Waals surface area contributed by atoms with Gasteiger partial charge in [0.1, 0.15) is 0 Å². The van der Waals surface area contributed by atoms with Crippen LogP contribution in [0.1, 0.15) is 29.8 Å². The predicted octanol–water partition coefficient (Wildman–Crippen LogP) is 1.82. The van der Waals surface area contributed by atoms with Gasteiger partial charge in [0.05, 0.1) is 18.4 Å². The van der Waals surface area contributed by atoms with Crippen LogP contribution in [-0.4, -0.2) is 29.0 Å². The van der Waals surface area contributed by atoms with Gasteiger partial charge in [0.25, 0.3) is 0 Å². The number of hydrogen-bond donors (Lipinski definition) is 0. The van der Waals surface area contributed by atoms with Gasteiger partial charge in [-0.2, -0.15) is 0 Å². The first kappa shape index (κ1) is 13.0. The van der Waals surface area contributed by atoms with Crippen molar-refractivity contribution < 1.29 is 14.4 Å². The van der Waals surface area contributed by atoms with E-state index in [2.05, 4.69) is 0 Å². The number of carbonyl (C=O) groups excluding carboxylic acids is 3. The zero-order chi connectivity index (χ0) is 14.7. The van der Waals surface area contributed by atoms with Crippen molar-refractivity contribution >= 4 is 17.6 Å². The lowest BCUT2D eigenvalue weighted by molar-refractivity contribution is -0.142. The smallest absolute Gasteiger partial charge is 0.234 e. The molecule has 20 heavy (non-hydrogen) atoms. The summed E-state index contributed by atoms with van der Waals surface area (Å²) < 4.78 is 0. The summed E-state index contributed by atoms with van der Waals surface area (Å²) in [5.41, 5.74) is 1.21. The van der Waals surface area contributed by atoms with Gasteiger partial charge in [0, 0.05) is 5.56 Å². The average molecular weight is 271 g/mol. The predicted molar refractivity (Wildman–Crippen MR) is 73.0 cm³/mol. The van der Waals surface area contributed by atoms with Crippen molar-refractivity contribution in [3.8, 4) is 0 Å². The van der Waals surface area contributed by atoms with Gasteiger partial charge in [0.15, 0.2) is 5.78 Å². The van der Waals surface area contributed by atoms with Gasteiger partial charge in [-0.1, -0.05) is 38.1 Å². The number of benzene rings is 1. The Kier molecular flexibility index (Phi) is 2.61. The minimum Gasteiger partial charge on any atom is -0.292 e. The Hall–Kier alpha value is -1.97. The molecule has 1 aliphatic heterocycles. The largest absolute Gasteiger partial charge is 0.292 e. The number of carbonyl (C=O) groups is 3. The molecule has 1 aliphatic carbocycles. The van der Waals surface area contributed by atoms with Crippen molar-refractivity contribution in [2.45, 2.75) is 20.8 Å². The molecule has 1 aromatic carbocycles. The lowest BCUT2D eigenvalue weighted by atomic mass is 10.0. The molecule has 0 N–H and O–H groups in total. The van der Waals surface area contributed by atoms with Crippen LogP contribution >= 0.6 is 0 Å². The number of Topliss-reactive ketones (excluding diaryl/α,β-unsaturated/α-hetero) is 1. The number of rotatable bonds is 3. The first-order valence-electron chi connectivity index (χ1n) is 6.79. The molecule has 2 fully saturated rings. The number of hydrogen-bond acceptors (Lipinski definition) is 3. The fourth-order valence-corrected chi connectivity index (χ4v) is 3.27. The van der Waals surface area contributed by atoms with E-state index < -0.39 is 0 Å². The summed E-state index contributed by atoms with van der Waals surface area (Å²) in [4.78, 5) is 37.7. The van der Waals surface area contributed by atoms with E-state index in [1.165, 1.54) is 0 Å². The van der Waals surface area contributed by atoms with Crippen LogP contribution in [0, 0.1) is 24.2 Å². The number of fused-ring (bicyclic) bond motifs is 1. The highest BCUT2D eigenvalue weighted by atomic mass is 16.2. The average Bonchev–Trinajstić information content (AvgIpc) is 2.86. The molecular weight excluding hydrogens is 254 g/mol. The maximum absolute atomic E-state index is 12.2. The molecule has 1 heterocycles. The number of ketones is 1. The van der Waals surface area contributed by atoms with Crippen LogP contribution in [0.4, 0.5) is 0 Å². The molecule has 3 rings (SSSR count). The van der Waals surface area contributed by atoms with Gasteiger partial charge < -0.3 is 0 Å². The molecule has 1 aromatic rings. The quantitative estimate of drug-likeness (QED) is 0.622. The van der Waals surface area contributed by atoms with E-state index in [9.17, 15) is 14.4 Å². The topological polar surface area (TPSA) is 54.5 Å². The van der Waals surface area contributed by atoms with Gasteiger partial charge in [-0.15, -0.1) is 0 Å². The Morgan fingerprint density at radius 1 is 1.15 bits per heavy atom. The summed E-state index contributed by atoms with van der Waals surface area (Å²) in [5, 5.41) is 0. The first-order chi connectivity index (χ1) is 9.35. The van der Waals surface area contributed by atoms with Crippen molar-refractivity contribution in [3.63, 3.8) is 0 Å². The summed E-state index contributed by atoms with van der Waals surface area (Å²) in [6.07, 6.45) is 0. The summed E-state index contributed by atoms with van der Waals surface area (Å²) in [6, 6.07) is 7.22. The Morgan fingerprint density at radius 2 is 1.70 bits per heavy atom. The zero-order valence-corrected chi connectivity index (χ0v) is 11.8. The molecule has 0 aromatic heterocycles. The van der Waals surface area contributed by atoms with Crippen LogP contribution in [-0.2, 0) is 9.59 Å². The molecule has 1 saturated heterocycles. The van der Waals surface area contributed by atoms with Crippen molar-refractivity contribution in [1.29, 1.82) is 0 Å². The molecule has 4 nitrogen and oxygen atoms in total. The van der Waals surface area contributed by atoms with E-state index in [1.807, 2.05) is 32.9 Å². The number of amides is 2. The van der Waals surface area contributed by atoms with Crippen molar-refractivity contribution in [1.82, 2.24) is 4.90 Å². The van der Waals surface area contributed by atoms with Gasteiger partial charge >= 0.3 is 0 Å². The van der Waals surface area contributed by atoms with Crippen LogP contribution in [0.5, 0.6) is 0 Å². The molecule has 2 atom stereocenters. The molecule has 1 saturated carbocycles.